The van der Waals surface area contributed by atoms with Crippen LogP contribution in [0.5, 0.6) is 0 Å². The van der Waals surface area contributed by atoms with Crippen LogP contribution in [0.4, 0.5) is 11.4 Å². The molecule has 3 aliphatic heterocycles. The molecule has 5 rings (SSSR count). The number of imide groups is 1. The van der Waals surface area contributed by atoms with Gasteiger partial charge in [-0.05, 0) is 87.9 Å². The van der Waals surface area contributed by atoms with E-state index in [4.69, 9.17) is 4.84 Å². The molecule has 0 saturated carbocycles. The zero-order chi connectivity index (χ0) is 54.2. The standard InChI is InChI=1S/C48H63N5O16S4/c1-47(2)37-32-35(72(64,65)50(5)34-43(54)49-27-13-9-12-20-46(57)69-53-44(55)25-26-45(53)56)21-23-39(37)51(28-14-16-30-70(58,59)60)41(47)18-10-7-6-8-11-19-42-48(3,4)38-33-36(73(66,67)68)22-24-40(38)52(42)29-15-17-31-71(61,62)63/h6-8,10-11,18-19,21-24,32-33H,9,12-17,20,25-31,34H2,1-5H3,(H3-,49,54,58,59,60,61,62,63,66,67,68)/p-2. The Morgan fingerprint density at radius 2 is 1.34 bits per heavy atom. The number of fused-ring (bicyclic) bond motifs is 2. The molecule has 0 radical (unpaired) electrons. The van der Waals surface area contributed by atoms with Crippen LogP contribution in [-0.2, 0) is 75.2 Å². The summed E-state index contributed by atoms with van der Waals surface area (Å²) in [4.78, 5) is 54.4. The van der Waals surface area contributed by atoms with Gasteiger partial charge in [0, 0.05) is 91.8 Å². The number of anilines is 1. The van der Waals surface area contributed by atoms with E-state index in [2.05, 4.69) is 5.32 Å². The number of unbranched alkanes of at least 4 members (excludes halogenated alkanes) is 4. The van der Waals surface area contributed by atoms with Crippen LogP contribution in [0.3, 0.4) is 0 Å². The first kappa shape index (κ1) is 58.5. The van der Waals surface area contributed by atoms with Crippen molar-refractivity contribution < 1.29 is 75.9 Å². The average Bonchev–Trinajstić information content (AvgIpc) is 3.80. The molecule has 3 heterocycles. The Morgan fingerprint density at radius 1 is 0.740 bits per heavy atom. The third-order valence-electron chi connectivity index (χ3n) is 12.7. The highest BCUT2D eigenvalue weighted by molar-refractivity contribution is 7.89. The monoisotopic (exact) mass is 1090 g/mol. The molecule has 2 aromatic rings. The first-order chi connectivity index (χ1) is 33.9. The molecule has 2 aromatic carbocycles. The first-order valence-electron chi connectivity index (χ1n) is 23.5. The zero-order valence-electron chi connectivity index (χ0n) is 41.3. The highest BCUT2D eigenvalue weighted by Crippen LogP contribution is 2.48. The van der Waals surface area contributed by atoms with Crippen LogP contribution >= 0.6 is 0 Å². The van der Waals surface area contributed by atoms with E-state index in [0.29, 0.717) is 72.8 Å². The van der Waals surface area contributed by atoms with Crippen LogP contribution in [-0.4, -0.2) is 135 Å². The second kappa shape index (κ2) is 23.9. The van der Waals surface area contributed by atoms with E-state index in [0.717, 1.165) is 15.7 Å². The molecule has 0 unspecified atom stereocenters. The maximum Gasteiger partial charge on any atom is 0.333 e. The SMILES string of the molecule is CN(CC(=O)NCCCCCC(=O)ON1C(=O)CCC1=O)S(=O)(=O)c1ccc2c(c1)C(C)(C)C(/C=C/C=C/C=C/C=C1/N(CCCCS(=O)(=O)[O-])c3ccc(S(=O)(=O)[O-])cc3C1(C)C)=[N+]2CCCCS(=O)(=O)[O-]. The molecule has 1 N–H and O–H groups in total. The van der Waals surface area contributed by atoms with Gasteiger partial charge in [-0.25, -0.2) is 38.5 Å². The molecular formula is C48H61N5O16S4-2. The van der Waals surface area contributed by atoms with Crippen molar-refractivity contribution in [2.45, 2.75) is 113 Å². The zero-order valence-corrected chi connectivity index (χ0v) is 44.5. The van der Waals surface area contributed by atoms with Crippen molar-refractivity contribution in [2.75, 3.05) is 49.6 Å². The van der Waals surface area contributed by atoms with Gasteiger partial charge in [0.05, 0.1) is 42.0 Å². The quantitative estimate of drug-likeness (QED) is 0.0459. The van der Waals surface area contributed by atoms with Crippen LogP contribution in [0.2, 0.25) is 0 Å². The van der Waals surface area contributed by atoms with E-state index in [1.54, 1.807) is 42.5 Å². The third-order valence-corrected chi connectivity index (χ3v) is 16.9. The van der Waals surface area contributed by atoms with Crippen LogP contribution in [0.25, 0.3) is 0 Å². The predicted octanol–water partition coefficient (Wildman–Crippen LogP) is 3.87. The number of hydrogen-bond acceptors (Lipinski definition) is 17. The molecule has 1 fully saturated rings. The molecule has 3 aliphatic rings. The van der Waals surface area contributed by atoms with Gasteiger partial charge in [-0.2, -0.15) is 8.88 Å². The molecule has 0 bridgehead atoms. The van der Waals surface area contributed by atoms with Gasteiger partial charge < -0.3 is 28.7 Å². The van der Waals surface area contributed by atoms with Crippen LogP contribution in [0, 0.1) is 0 Å². The van der Waals surface area contributed by atoms with Crippen molar-refractivity contribution in [1.29, 1.82) is 0 Å². The summed E-state index contributed by atoms with van der Waals surface area (Å²) in [7, 11) is -16.6. The van der Waals surface area contributed by atoms with E-state index >= 15 is 0 Å². The van der Waals surface area contributed by atoms with Gasteiger partial charge in [0.2, 0.25) is 21.6 Å². The van der Waals surface area contributed by atoms with Crippen molar-refractivity contribution >= 4 is 81.2 Å². The Morgan fingerprint density at radius 3 is 1.99 bits per heavy atom. The molecule has 0 aromatic heterocycles. The fourth-order valence-electron chi connectivity index (χ4n) is 8.82. The second-order valence-electron chi connectivity index (χ2n) is 18.8. The minimum Gasteiger partial charge on any atom is -0.748 e. The Kier molecular flexibility index (Phi) is 19.1. The Bertz CT molecular complexity index is 3070. The number of carbonyl (C=O) groups is 4. The Labute approximate surface area is 427 Å². The predicted molar refractivity (Wildman–Crippen MR) is 266 cm³/mol. The van der Waals surface area contributed by atoms with E-state index < -0.39 is 92.9 Å². The maximum atomic E-state index is 13.9. The first-order valence-corrected chi connectivity index (χ1v) is 29.5. The number of amides is 3. The molecule has 3 amide bonds. The third kappa shape index (κ3) is 15.3. The molecular weight excluding hydrogens is 1030 g/mol. The van der Waals surface area contributed by atoms with Gasteiger partial charge in [-0.1, -0.05) is 50.6 Å². The molecule has 0 atom stereocenters. The molecule has 400 valence electrons. The molecule has 0 spiro atoms. The normalized spacial score (nSPS) is 17.6. The lowest BCUT2D eigenvalue weighted by atomic mass is 9.81. The minimum atomic E-state index is -4.76. The van der Waals surface area contributed by atoms with Gasteiger partial charge in [-0.15, -0.1) is 5.06 Å². The number of sulfonamides is 1. The lowest BCUT2D eigenvalue weighted by Gasteiger charge is -2.27. The molecule has 73 heavy (non-hydrogen) atoms. The molecule has 0 aliphatic carbocycles. The fraction of sp³-hybridized carbons (Fsp3) is 0.479. The number of allylic oxidation sites excluding steroid dienone is 8. The van der Waals surface area contributed by atoms with Gasteiger partial charge in [0.25, 0.3) is 11.8 Å². The van der Waals surface area contributed by atoms with Crippen molar-refractivity contribution in [3.8, 4) is 0 Å². The smallest absolute Gasteiger partial charge is 0.333 e. The van der Waals surface area contributed by atoms with Crippen molar-refractivity contribution in [1.82, 2.24) is 14.7 Å². The summed E-state index contributed by atoms with van der Waals surface area (Å²) in [5, 5.41) is 3.16. The summed E-state index contributed by atoms with van der Waals surface area (Å²) >= 11 is 0. The van der Waals surface area contributed by atoms with Crippen LogP contribution in [0.15, 0.2) is 94.4 Å². The van der Waals surface area contributed by atoms with Crippen molar-refractivity contribution in [3.63, 3.8) is 0 Å². The van der Waals surface area contributed by atoms with Gasteiger partial charge in [0.1, 0.15) is 16.7 Å². The van der Waals surface area contributed by atoms with E-state index in [1.165, 1.54) is 31.3 Å². The molecule has 1 saturated heterocycles. The topological polar surface area (TPSA) is 308 Å². The number of nitrogens with one attached hydrogen (secondary N) is 1. The maximum absolute atomic E-state index is 13.9. The average molecular weight is 1090 g/mol. The number of carbonyl (C=O) groups excluding carboxylic acids is 4. The fourth-order valence-corrected chi connectivity index (χ4v) is 11.6. The summed E-state index contributed by atoms with van der Waals surface area (Å²) in [6.45, 7) is 7.83. The largest absolute Gasteiger partial charge is 0.748 e. The second-order valence-corrected chi connectivity index (χ2v) is 25.3. The molecule has 25 heteroatoms. The summed E-state index contributed by atoms with van der Waals surface area (Å²) in [6.07, 6.45) is 14.5. The summed E-state index contributed by atoms with van der Waals surface area (Å²) in [5.41, 5.74) is 2.39. The van der Waals surface area contributed by atoms with E-state index in [9.17, 15) is 66.5 Å². The number of hydrogen-bond donors (Lipinski definition) is 1. The summed E-state index contributed by atoms with van der Waals surface area (Å²) in [5.74, 6) is -3.52. The number of nitrogens with zero attached hydrogens (tertiary/aromatic N) is 4. The number of benzene rings is 2. The van der Waals surface area contributed by atoms with Gasteiger partial charge >= 0.3 is 5.97 Å². The van der Waals surface area contributed by atoms with Gasteiger partial charge in [0.15, 0.2) is 5.71 Å². The van der Waals surface area contributed by atoms with Crippen LogP contribution < -0.4 is 10.2 Å². The summed E-state index contributed by atoms with van der Waals surface area (Å²) < 4.78 is 134. The number of rotatable bonds is 26. The van der Waals surface area contributed by atoms with E-state index in [1.807, 2.05) is 49.3 Å². The lowest BCUT2D eigenvalue weighted by Crippen LogP contribution is -2.38. The van der Waals surface area contributed by atoms with E-state index in [-0.39, 0.29) is 48.4 Å². The number of hydroxylamine groups is 2. The lowest BCUT2D eigenvalue weighted by molar-refractivity contribution is -0.438. The number of likely N-dealkylation sites (N-methyl/N-ethyl adjacent to an activating group) is 1. The van der Waals surface area contributed by atoms with Crippen molar-refractivity contribution in [3.05, 3.63) is 95.8 Å². The highest BCUT2D eigenvalue weighted by atomic mass is 32.2. The van der Waals surface area contributed by atoms with Crippen molar-refractivity contribution in [2.24, 2.45) is 0 Å². The Balaban J connectivity index is 1.27. The molecule has 21 nitrogen and oxygen atoms in total. The summed E-state index contributed by atoms with van der Waals surface area (Å²) in [6, 6.07) is 8.70. The van der Waals surface area contributed by atoms with Crippen LogP contribution in [0.1, 0.15) is 103 Å². The van der Waals surface area contributed by atoms with Gasteiger partial charge in [-0.3, -0.25) is 14.4 Å². The Hall–Kier alpha value is -5.41. The minimum absolute atomic E-state index is 0.0123. The highest BCUT2D eigenvalue weighted by Gasteiger charge is 2.45.